The van der Waals surface area contributed by atoms with Crippen LogP contribution >= 0.6 is 0 Å². The number of aliphatic carboxylic acids is 1. The van der Waals surface area contributed by atoms with E-state index in [2.05, 4.69) is 10.6 Å². The second-order valence-corrected chi connectivity index (χ2v) is 10.3. The van der Waals surface area contributed by atoms with Gasteiger partial charge in [0.05, 0.1) is 5.41 Å². The van der Waals surface area contributed by atoms with Crippen molar-refractivity contribution in [2.24, 2.45) is 5.92 Å². The summed E-state index contributed by atoms with van der Waals surface area (Å²) in [6, 6.07) is 7.38. The maximum Gasteiger partial charge on any atom is 0.410 e. The number of benzene rings is 1. The van der Waals surface area contributed by atoms with Gasteiger partial charge in [-0.3, -0.25) is 14.4 Å². The summed E-state index contributed by atoms with van der Waals surface area (Å²) < 4.78 is 5.50. The third-order valence-corrected chi connectivity index (χ3v) is 6.54. The molecule has 0 saturated carbocycles. The quantitative estimate of drug-likeness (QED) is 0.515. The van der Waals surface area contributed by atoms with Crippen molar-refractivity contribution in [2.45, 2.75) is 83.9 Å². The number of hydrogen-bond acceptors (Lipinski definition) is 5. The molecule has 0 radical (unpaired) electrons. The SMILES string of the molecule is CC[C@@H](C)[C@H](NC(=O)C1(c2ccccc2)CCN(C(=O)OC(C)(C)C)CC1)C(=O)N[C@H](C)C(=O)O. The number of carbonyl (C=O) groups excluding carboxylic acids is 3. The van der Waals surface area contributed by atoms with Crippen molar-refractivity contribution in [2.75, 3.05) is 13.1 Å². The van der Waals surface area contributed by atoms with Gasteiger partial charge in [0.2, 0.25) is 11.8 Å². The van der Waals surface area contributed by atoms with Crippen LogP contribution in [0.3, 0.4) is 0 Å². The minimum atomic E-state index is -1.15. The molecule has 0 spiro atoms. The number of piperidine rings is 1. The van der Waals surface area contributed by atoms with Crippen LogP contribution in [0.4, 0.5) is 4.79 Å². The zero-order valence-corrected chi connectivity index (χ0v) is 21.6. The summed E-state index contributed by atoms with van der Waals surface area (Å²) in [7, 11) is 0. The number of amides is 3. The van der Waals surface area contributed by atoms with Gasteiger partial charge in [0.15, 0.2) is 0 Å². The molecule has 1 fully saturated rings. The van der Waals surface area contributed by atoms with E-state index in [-0.39, 0.29) is 11.8 Å². The topological polar surface area (TPSA) is 125 Å². The van der Waals surface area contributed by atoms with E-state index >= 15 is 0 Å². The molecule has 3 atom stereocenters. The lowest BCUT2D eigenvalue weighted by molar-refractivity contribution is -0.142. The Morgan fingerprint density at radius 1 is 1.06 bits per heavy atom. The minimum absolute atomic E-state index is 0.213. The van der Waals surface area contributed by atoms with Crippen molar-refractivity contribution in [1.29, 1.82) is 0 Å². The van der Waals surface area contributed by atoms with E-state index in [0.29, 0.717) is 32.4 Å². The predicted molar refractivity (Wildman–Crippen MR) is 132 cm³/mol. The van der Waals surface area contributed by atoms with Gasteiger partial charge in [0.25, 0.3) is 0 Å². The summed E-state index contributed by atoms with van der Waals surface area (Å²) >= 11 is 0. The van der Waals surface area contributed by atoms with Crippen molar-refractivity contribution in [3.63, 3.8) is 0 Å². The fourth-order valence-corrected chi connectivity index (χ4v) is 4.15. The van der Waals surface area contributed by atoms with Crippen LogP contribution in [0.2, 0.25) is 0 Å². The molecule has 0 aliphatic carbocycles. The molecule has 2 rings (SSSR count). The van der Waals surface area contributed by atoms with Gasteiger partial charge in [-0.15, -0.1) is 0 Å². The maximum atomic E-state index is 13.8. The fourth-order valence-electron chi connectivity index (χ4n) is 4.15. The van der Waals surface area contributed by atoms with Crippen LogP contribution in [0.15, 0.2) is 30.3 Å². The molecular weight excluding hydrogens is 450 g/mol. The highest BCUT2D eigenvalue weighted by Gasteiger charge is 2.45. The lowest BCUT2D eigenvalue weighted by Gasteiger charge is -2.42. The van der Waals surface area contributed by atoms with Gasteiger partial charge < -0.3 is 25.4 Å². The minimum Gasteiger partial charge on any atom is -0.480 e. The van der Waals surface area contributed by atoms with E-state index < -0.39 is 41.1 Å². The average molecular weight is 490 g/mol. The second kappa shape index (κ2) is 11.6. The molecule has 35 heavy (non-hydrogen) atoms. The Morgan fingerprint density at radius 3 is 2.11 bits per heavy atom. The smallest absolute Gasteiger partial charge is 0.410 e. The molecule has 3 N–H and O–H groups in total. The zero-order valence-electron chi connectivity index (χ0n) is 21.6. The standard InChI is InChI=1S/C26H39N3O6/c1-7-17(2)20(21(30)27-18(3)22(31)32)28-23(33)26(19-11-9-8-10-12-19)13-15-29(16-14-26)24(34)35-25(4,5)6/h8-12,17-18,20H,7,13-16H2,1-6H3,(H,27,30)(H,28,33)(H,31,32)/t17-,18-,20+/m1/s1. The molecule has 1 saturated heterocycles. The Morgan fingerprint density at radius 2 is 1.63 bits per heavy atom. The van der Waals surface area contributed by atoms with Gasteiger partial charge in [-0.2, -0.15) is 0 Å². The van der Waals surface area contributed by atoms with Crippen LogP contribution in [0.25, 0.3) is 0 Å². The molecule has 3 amide bonds. The first kappa shape index (κ1) is 28.1. The molecule has 1 aliphatic heterocycles. The monoisotopic (exact) mass is 489 g/mol. The predicted octanol–water partition coefficient (Wildman–Crippen LogP) is 3.08. The molecule has 1 heterocycles. The van der Waals surface area contributed by atoms with Crippen LogP contribution in [-0.4, -0.2) is 64.7 Å². The highest BCUT2D eigenvalue weighted by Crippen LogP contribution is 2.36. The van der Waals surface area contributed by atoms with Crippen LogP contribution in [0.5, 0.6) is 0 Å². The van der Waals surface area contributed by atoms with E-state index in [9.17, 15) is 24.3 Å². The number of hydrogen-bond donors (Lipinski definition) is 3. The summed E-state index contributed by atoms with van der Waals surface area (Å²) in [4.78, 5) is 52.2. The van der Waals surface area contributed by atoms with E-state index in [0.717, 1.165) is 5.56 Å². The molecular formula is C26H39N3O6. The molecule has 1 aromatic carbocycles. The van der Waals surface area contributed by atoms with Crippen LogP contribution < -0.4 is 10.6 Å². The van der Waals surface area contributed by atoms with E-state index in [1.165, 1.54) is 6.92 Å². The molecule has 194 valence electrons. The Balaban J connectivity index is 2.29. The Labute approximate surface area is 207 Å². The Kier molecular flexibility index (Phi) is 9.29. The molecule has 1 aromatic rings. The summed E-state index contributed by atoms with van der Waals surface area (Å²) in [5.74, 6) is -2.20. The number of ether oxygens (including phenoxy) is 1. The fraction of sp³-hybridized carbons (Fsp3) is 0.615. The van der Waals surface area contributed by atoms with Gasteiger partial charge in [0.1, 0.15) is 17.7 Å². The summed E-state index contributed by atoms with van der Waals surface area (Å²) in [6.07, 6.45) is 0.925. The third kappa shape index (κ3) is 7.19. The van der Waals surface area contributed by atoms with Crippen molar-refractivity contribution >= 4 is 23.9 Å². The highest BCUT2D eigenvalue weighted by molar-refractivity contribution is 5.94. The number of carboxylic acids is 1. The summed E-state index contributed by atoms with van der Waals surface area (Å²) in [5.41, 5.74) is -0.750. The number of nitrogens with one attached hydrogen (secondary N) is 2. The van der Waals surface area contributed by atoms with E-state index in [1.807, 2.05) is 65.0 Å². The number of carbonyl (C=O) groups is 4. The van der Waals surface area contributed by atoms with Crippen molar-refractivity contribution in [3.8, 4) is 0 Å². The number of rotatable bonds is 8. The van der Waals surface area contributed by atoms with Crippen LogP contribution in [0, 0.1) is 5.92 Å². The maximum absolute atomic E-state index is 13.8. The lowest BCUT2D eigenvalue weighted by atomic mass is 9.71. The average Bonchev–Trinajstić information content (AvgIpc) is 2.81. The van der Waals surface area contributed by atoms with E-state index in [1.54, 1.807) is 4.90 Å². The number of nitrogens with zero attached hydrogens (tertiary/aromatic N) is 1. The van der Waals surface area contributed by atoms with Crippen molar-refractivity contribution < 1.29 is 29.0 Å². The number of carboxylic acid groups (broad SMARTS) is 1. The first-order valence-electron chi connectivity index (χ1n) is 12.2. The molecule has 1 aliphatic rings. The Hall–Kier alpha value is -3.10. The zero-order chi connectivity index (χ0) is 26.4. The van der Waals surface area contributed by atoms with E-state index in [4.69, 9.17) is 4.74 Å². The molecule has 0 bridgehead atoms. The van der Waals surface area contributed by atoms with Gasteiger partial charge >= 0.3 is 12.1 Å². The van der Waals surface area contributed by atoms with Gasteiger partial charge in [0, 0.05) is 13.1 Å². The van der Waals surface area contributed by atoms with Crippen molar-refractivity contribution in [1.82, 2.24) is 15.5 Å². The molecule has 9 heteroatoms. The second-order valence-electron chi connectivity index (χ2n) is 10.3. The van der Waals surface area contributed by atoms with Gasteiger partial charge in [-0.05, 0) is 52.0 Å². The lowest BCUT2D eigenvalue weighted by Crippen LogP contribution is -2.59. The largest absolute Gasteiger partial charge is 0.480 e. The third-order valence-electron chi connectivity index (χ3n) is 6.54. The summed E-state index contributed by atoms with van der Waals surface area (Å²) in [6.45, 7) is 11.2. The highest BCUT2D eigenvalue weighted by atomic mass is 16.6. The molecule has 9 nitrogen and oxygen atoms in total. The molecule has 0 aromatic heterocycles. The summed E-state index contributed by atoms with van der Waals surface area (Å²) in [5, 5.41) is 14.6. The normalized spacial score (nSPS) is 18.1. The first-order chi connectivity index (χ1) is 16.3. The Bertz CT molecular complexity index is 903. The van der Waals surface area contributed by atoms with Crippen LogP contribution in [-0.2, 0) is 24.5 Å². The first-order valence-corrected chi connectivity index (χ1v) is 12.2. The molecule has 0 unspecified atom stereocenters. The van der Waals surface area contributed by atoms with Gasteiger partial charge in [-0.25, -0.2) is 4.79 Å². The van der Waals surface area contributed by atoms with Crippen LogP contribution in [0.1, 0.15) is 66.4 Å². The van der Waals surface area contributed by atoms with Gasteiger partial charge in [-0.1, -0.05) is 50.6 Å². The van der Waals surface area contributed by atoms with Crippen molar-refractivity contribution in [3.05, 3.63) is 35.9 Å². The number of likely N-dealkylation sites (tertiary alicyclic amines) is 1.